The monoisotopic (exact) mass is 236 g/mol. The van der Waals surface area contributed by atoms with Gasteiger partial charge in [-0.3, -0.25) is 4.68 Å². The molecular weight excluding hydrogens is 224 g/mol. The molecule has 1 aromatic carbocycles. The number of nitrogens with zero attached hydrogens (tertiary/aromatic N) is 2. The summed E-state index contributed by atoms with van der Waals surface area (Å²) >= 11 is 6.17. The Bertz CT molecular complexity index is 507. The highest BCUT2D eigenvalue weighted by atomic mass is 35.5. The van der Waals surface area contributed by atoms with Crippen LogP contribution in [0.1, 0.15) is 22.9 Å². The molecular formula is C12H13ClN2O. The van der Waals surface area contributed by atoms with E-state index < -0.39 is 6.10 Å². The largest absolute Gasteiger partial charge is 0.382 e. The second-order valence-electron chi connectivity index (χ2n) is 3.76. The summed E-state index contributed by atoms with van der Waals surface area (Å²) in [5.74, 6) is 0. The summed E-state index contributed by atoms with van der Waals surface area (Å²) in [6.07, 6.45) is 0.919. The van der Waals surface area contributed by atoms with Gasteiger partial charge in [0.15, 0.2) is 0 Å². The van der Waals surface area contributed by atoms with E-state index in [0.717, 1.165) is 11.3 Å². The molecule has 1 heterocycles. The molecule has 1 unspecified atom stereocenters. The van der Waals surface area contributed by atoms with Crippen molar-refractivity contribution in [2.45, 2.75) is 13.0 Å². The Morgan fingerprint density at radius 2 is 2.12 bits per heavy atom. The van der Waals surface area contributed by atoms with E-state index in [4.69, 9.17) is 11.6 Å². The highest BCUT2D eigenvalue weighted by Crippen LogP contribution is 2.29. The van der Waals surface area contributed by atoms with Gasteiger partial charge < -0.3 is 5.11 Å². The van der Waals surface area contributed by atoms with Crippen LogP contribution >= 0.6 is 11.6 Å². The first-order valence-electron chi connectivity index (χ1n) is 5.02. The summed E-state index contributed by atoms with van der Waals surface area (Å²) in [7, 11) is 1.79. The summed E-state index contributed by atoms with van der Waals surface area (Å²) in [6.45, 7) is 1.92. The number of aliphatic hydroxyl groups is 1. The fourth-order valence-electron chi connectivity index (χ4n) is 1.69. The number of aryl methyl sites for hydroxylation is 2. The van der Waals surface area contributed by atoms with Crippen molar-refractivity contribution < 1.29 is 5.11 Å². The van der Waals surface area contributed by atoms with Gasteiger partial charge in [-0.1, -0.05) is 29.8 Å². The molecule has 0 amide bonds. The Hall–Kier alpha value is -1.32. The molecule has 16 heavy (non-hydrogen) atoms. The minimum absolute atomic E-state index is 0.608. The molecule has 84 valence electrons. The van der Waals surface area contributed by atoms with Gasteiger partial charge in [0, 0.05) is 23.8 Å². The molecule has 1 aromatic heterocycles. The molecule has 0 spiro atoms. The Kier molecular flexibility index (Phi) is 2.99. The predicted octanol–water partition coefficient (Wildman–Crippen LogP) is 2.46. The third-order valence-electron chi connectivity index (χ3n) is 2.66. The minimum atomic E-state index is -0.736. The lowest BCUT2D eigenvalue weighted by atomic mass is 10.0. The first kappa shape index (κ1) is 11.2. The molecule has 0 radical (unpaired) electrons. The first-order valence-corrected chi connectivity index (χ1v) is 5.40. The molecule has 0 aliphatic carbocycles. The van der Waals surface area contributed by atoms with E-state index in [9.17, 15) is 5.11 Å². The average molecular weight is 237 g/mol. The number of rotatable bonds is 2. The van der Waals surface area contributed by atoms with Crippen molar-refractivity contribution in [2.75, 3.05) is 0 Å². The normalized spacial score (nSPS) is 12.8. The van der Waals surface area contributed by atoms with Crippen LogP contribution < -0.4 is 0 Å². The summed E-state index contributed by atoms with van der Waals surface area (Å²) < 4.78 is 1.64. The van der Waals surface area contributed by atoms with E-state index in [-0.39, 0.29) is 0 Å². The van der Waals surface area contributed by atoms with Crippen molar-refractivity contribution in [3.8, 4) is 0 Å². The van der Waals surface area contributed by atoms with Crippen molar-refractivity contribution in [3.05, 3.63) is 52.3 Å². The van der Waals surface area contributed by atoms with E-state index >= 15 is 0 Å². The molecule has 3 nitrogen and oxygen atoms in total. The molecule has 0 saturated heterocycles. The summed E-state index contributed by atoms with van der Waals surface area (Å²) in [5, 5.41) is 14.9. The number of hydrogen-bond acceptors (Lipinski definition) is 2. The maximum Gasteiger partial charge on any atom is 0.122 e. The van der Waals surface area contributed by atoms with Crippen LogP contribution in [0.4, 0.5) is 0 Å². The lowest BCUT2D eigenvalue weighted by Crippen LogP contribution is -2.07. The van der Waals surface area contributed by atoms with Crippen LogP contribution in [0.2, 0.25) is 5.02 Å². The number of hydrogen-bond donors (Lipinski definition) is 1. The van der Waals surface area contributed by atoms with Crippen LogP contribution in [0.25, 0.3) is 0 Å². The average Bonchev–Trinajstić information content (AvgIpc) is 2.68. The second-order valence-corrected chi connectivity index (χ2v) is 4.14. The quantitative estimate of drug-likeness (QED) is 0.870. The standard InChI is InChI=1S/C12H13ClN2O/c1-8-4-3-5-9(11(8)13)12(16)10-6-7-14-15(10)2/h3-7,12,16H,1-2H3. The third-order valence-corrected chi connectivity index (χ3v) is 3.17. The molecule has 1 N–H and O–H groups in total. The molecule has 0 aliphatic heterocycles. The fourth-order valence-corrected chi connectivity index (χ4v) is 1.92. The van der Waals surface area contributed by atoms with Gasteiger partial charge in [0.05, 0.1) is 5.69 Å². The Morgan fingerprint density at radius 1 is 1.38 bits per heavy atom. The number of halogens is 1. The third kappa shape index (κ3) is 1.84. The van der Waals surface area contributed by atoms with Gasteiger partial charge in [-0.05, 0) is 18.6 Å². The van der Waals surface area contributed by atoms with Crippen molar-refractivity contribution in [3.63, 3.8) is 0 Å². The highest BCUT2D eigenvalue weighted by molar-refractivity contribution is 6.32. The Labute approximate surface area is 99.3 Å². The van der Waals surface area contributed by atoms with Gasteiger partial charge in [0.1, 0.15) is 6.10 Å². The van der Waals surface area contributed by atoms with Gasteiger partial charge in [-0.15, -0.1) is 0 Å². The number of aromatic nitrogens is 2. The molecule has 0 fully saturated rings. The van der Waals surface area contributed by atoms with E-state index in [1.54, 1.807) is 24.0 Å². The van der Waals surface area contributed by atoms with Crippen LogP contribution in [-0.4, -0.2) is 14.9 Å². The van der Waals surface area contributed by atoms with Gasteiger partial charge in [0.25, 0.3) is 0 Å². The van der Waals surface area contributed by atoms with Gasteiger partial charge in [0.2, 0.25) is 0 Å². The summed E-state index contributed by atoms with van der Waals surface area (Å²) in [4.78, 5) is 0. The van der Waals surface area contributed by atoms with Crippen molar-refractivity contribution in [1.29, 1.82) is 0 Å². The van der Waals surface area contributed by atoms with Gasteiger partial charge in [-0.2, -0.15) is 5.10 Å². The topological polar surface area (TPSA) is 38.1 Å². The maximum absolute atomic E-state index is 10.2. The smallest absolute Gasteiger partial charge is 0.122 e. The lowest BCUT2D eigenvalue weighted by Gasteiger charge is -2.14. The molecule has 0 saturated carbocycles. The zero-order chi connectivity index (χ0) is 11.7. The number of benzene rings is 1. The van der Waals surface area contributed by atoms with E-state index in [1.165, 1.54) is 0 Å². The van der Waals surface area contributed by atoms with E-state index in [0.29, 0.717) is 10.6 Å². The van der Waals surface area contributed by atoms with Crippen molar-refractivity contribution in [1.82, 2.24) is 9.78 Å². The molecule has 0 aliphatic rings. The van der Waals surface area contributed by atoms with E-state index in [2.05, 4.69) is 5.10 Å². The molecule has 2 aromatic rings. The number of aliphatic hydroxyl groups excluding tert-OH is 1. The molecule has 4 heteroatoms. The minimum Gasteiger partial charge on any atom is -0.382 e. The van der Waals surface area contributed by atoms with Crippen LogP contribution in [0.5, 0.6) is 0 Å². The van der Waals surface area contributed by atoms with Crippen LogP contribution in [0.15, 0.2) is 30.5 Å². The lowest BCUT2D eigenvalue weighted by molar-refractivity contribution is 0.210. The maximum atomic E-state index is 10.2. The first-order chi connectivity index (χ1) is 7.61. The Morgan fingerprint density at radius 3 is 2.75 bits per heavy atom. The molecule has 2 rings (SSSR count). The SMILES string of the molecule is Cc1cccc(C(O)c2ccnn2C)c1Cl. The van der Waals surface area contributed by atoms with Gasteiger partial charge in [-0.25, -0.2) is 0 Å². The van der Waals surface area contributed by atoms with E-state index in [1.807, 2.05) is 25.1 Å². The van der Waals surface area contributed by atoms with Crippen molar-refractivity contribution >= 4 is 11.6 Å². The van der Waals surface area contributed by atoms with Crippen LogP contribution in [0, 0.1) is 6.92 Å². The fraction of sp³-hybridized carbons (Fsp3) is 0.250. The van der Waals surface area contributed by atoms with Crippen LogP contribution in [0.3, 0.4) is 0 Å². The van der Waals surface area contributed by atoms with Gasteiger partial charge >= 0.3 is 0 Å². The summed E-state index contributed by atoms with van der Waals surface area (Å²) in [6, 6.07) is 7.41. The van der Waals surface area contributed by atoms with Crippen LogP contribution in [-0.2, 0) is 7.05 Å². The predicted molar refractivity (Wildman–Crippen MR) is 63.5 cm³/mol. The zero-order valence-corrected chi connectivity index (χ0v) is 9.94. The zero-order valence-electron chi connectivity index (χ0n) is 9.18. The molecule has 1 atom stereocenters. The second kappa shape index (κ2) is 4.28. The highest BCUT2D eigenvalue weighted by Gasteiger charge is 2.17. The summed E-state index contributed by atoms with van der Waals surface area (Å²) in [5.41, 5.74) is 2.40. The Balaban J connectivity index is 2.46. The molecule has 0 bridgehead atoms. The van der Waals surface area contributed by atoms with Crippen molar-refractivity contribution in [2.24, 2.45) is 7.05 Å².